The summed E-state index contributed by atoms with van der Waals surface area (Å²) in [4.78, 5) is 10.1. The molecule has 0 unspecified atom stereocenters. The third-order valence-electron chi connectivity index (χ3n) is 1.28. The summed E-state index contributed by atoms with van der Waals surface area (Å²) >= 11 is 0. The SMILES string of the molecule is O=C(O)C=Cc1cccc([O-])c1. The van der Waals surface area contributed by atoms with Gasteiger partial charge in [0, 0.05) is 6.08 Å². The van der Waals surface area contributed by atoms with E-state index in [-0.39, 0.29) is 5.75 Å². The molecule has 0 aliphatic carbocycles. The molecule has 0 heterocycles. The summed E-state index contributed by atoms with van der Waals surface area (Å²) in [5, 5.41) is 19.0. The van der Waals surface area contributed by atoms with Crippen LogP contribution in [0.4, 0.5) is 0 Å². The van der Waals surface area contributed by atoms with E-state index in [1.54, 1.807) is 12.1 Å². The van der Waals surface area contributed by atoms with Crippen LogP contribution in [-0.2, 0) is 4.79 Å². The lowest BCUT2D eigenvalue weighted by Crippen LogP contribution is -1.89. The van der Waals surface area contributed by atoms with Gasteiger partial charge < -0.3 is 10.2 Å². The first-order valence-corrected chi connectivity index (χ1v) is 3.36. The highest BCUT2D eigenvalue weighted by molar-refractivity contribution is 5.85. The predicted molar refractivity (Wildman–Crippen MR) is 42.6 cm³/mol. The molecule has 0 fully saturated rings. The van der Waals surface area contributed by atoms with Gasteiger partial charge in [-0.1, -0.05) is 24.3 Å². The van der Waals surface area contributed by atoms with Crippen LogP contribution in [0.25, 0.3) is 6.08 Å². The summed E-state index contributed by atoms with van der Waals surface area (Å²) < 4.78 is 0. The molecule has 0 bridgehead atoms. The average Bonchev–Trinajstić information content (AvgIpc) is 2.01. The quantitative estimate of drug-likeness (QED) is 0.657. The van der Waals surface area contributed by atoms with Gasteiger partial charge in [0.2, 0.25) is 0 Å². The van der Waals surface area contributed by atoms with Gasteiger partial charge in [-0.3, -0.25) is 0 Å². The van der Waals surface area contributed by atoms with Gasteiger partial charge in [0.05, 0.1) is 0 Å². The van der Waals surface area contributed by atoms with Crippen molar-refractivity contribution in [3.8, 4) is 5.75 Å². The van der Waals surface area contributed by atoms with E-state index in [0.717, 1.165) is 6.08 Å². The lowest BCUT2D eigenvalue weighted by atomic mass is 10.2. The molecule has 1 aromatic carbocycles. The van der Waals surface area contributed by atoms with Gasteiger partial charge in [-0.15, -0.1) is 5.75 Å². The van der Waals surface area contributed by atoms with Gasteiger partial charge in [0.25, 0.3) is 0 Å². The number of carboxylic acids is 1. The Morgan fingerprint density at radius 2 is 2.25 bits per heavy atom. The molecule has 0 amide bonds. The van der Waals surface area contributed by atoms with Crippen LogP contribution in [0.3, 0.4) is 0 Å². The molecule has 3 heteroatoms. The fourth-order valence-corrected chi connectivity index (χ4v) is 0.786. The third-order valence-corrected chi connectivity index (χ3v) is 1.28. The van der Waals surface area contributed by atoms with Crippen LogP contribution in [0.2, 0.25) is 0 Å². The van der Waals surface area contributed by atoms with Crippen molar-refractivity contribution in [3.05, 3.63) is 35.9 Å². The van der Waals surface area contributed by atoms with Gasteiger partial charge in [-0.25, -0.2) is 4.79 Å². The lowest BCUT2D eigenvalue weighted by molar-refractivity contribution is -0.268. The van der Waals surface area contributed by atoms with Crippen LogP contribution in [0.15, 0.2) is 30.3 Å². The minimum absolute atomic E-state index is 0.123. The Balaban J connectivity index is 2.83. The van der Waals surface area contributed by atoms with E-state index < -0.39 is 5.97 Å². The molecule has 1 aromatic rings. The van der Waals surface area contributed by atoms with Crippen LogP contribution in [-0.4, -0.2) is 11.1 Å². The fraction of sp³-hybridized carbons (Fsp3) is 0. The molecule has 1 N–H and O–H groups in total. The molecule has 0 saturated carbocycles. The maximum Gasteiger partial charge on any atom is 0.328 e. The highest BCUT2D eigenvalue weighted by atomic mass is 16.4. The summed E-state index contributed by atoms with van der Waals surface area (Å²) in [6.07, 6.45) is 2.37. The summed E-state index contributed by atoms with van der Waals surface area (Å²) in [5.41, 5.74) is 0.602. The molecule has 0 radical (unpaired) electrons. The van der Waals surface area contributed by atoms with Crippen LogP contribution >= 0.6 is 0 Å². The number of benzene rings is 1. The summed E-state index contributed by atoms with van der Waals surface area (Å²) in [6, 6.07) is 6.04. The zero-order valence-corrected chi connectivity index (χ0v) is 6.23. The highest BCUT2D eigenvalue weighted by Crippen LogP contribution is 2.08. The first-order chi connectivity index (χ1) is 5.68. The van der Waals surface area contributed by atoms with E-state index >= 15 is 0 Å². The maximum absolute atomic E-state index is 10.8. The van der Waals surface area contributed by atoms with E-state index in [2.05, 4.69) is 0 Å². The zero-order chi connectivity index (χ0) is 8.97. The Kier molecular flexibility index (Phi) is 2.48. The second kappa shape index (κ2) is 3.57. The van der Waals surface area contributed by atoms with Crippen molar-refractivity contribution in [2.24, 2.45) is 0 Å². The van der Waals surface area contributed by atoms with Crippen molar-refractivity contribution in [2.75, 3.05) is 0 Å². The number of hydrogen-bond acceptors (Lipinski definition) is 2. The Labute approximate surface area is 69.6 Å². The van der Waals surface area contributed by atoms with E-state index in [1.807, 2.05) is 0 Å². The van der Waals surface area contributed by atoms with E-state index in [1.165, 1.54) is 18.2 Å². The predicted octanol–water partition coefficient (Wildman–Crippen LogP) is 0.858. The zero-order valence-electron chi connectivity index (χ0n) is 6.23. The molecule has 62 valence electrons. The van der Waals surface area contributed by atoms with Crippen LogP contribution in [0.1, 0.15) is 5.56 Å². The Hall–Kier alpha value is -1.77. The van der Waals surface area contributed by atoms with Crippen molar-refractivity contribution >= 4 is 12.0 Å². The number of aliphatic carboxylic acids is 1. The molecule has 3 nitrogen and oxygen atoms in total. The largest absolute Gasteiger partial charge is 0.872 e. The van der Waals surface area contributed by atoms with Crippen LogP contribution in [0.5, 0.6) is 5.75 Å². The molecule has 0 saturated heterocycles. The summed E-state index contributed by atoms with van der Waals surface area (Å²) in [6.45, 7) is 0. The molecule has 0 aliphatic rings. The number of hydrogen-bond donors (Lipinski definition) is 1. The van der Waals surface area contributed by atoms with Crippen molar-refractivity contribution in [2.45, 2.75) is 0 Å². The maximum atomic E-state index is 10.8. The van der Waals surface area contributed by atoms with Gasteiger partial charge >= 0.3 is 5.97 Å². The van der Waals surface area contributed by atoms with Gasteiger partial charge in [-0.2, -0.15) is 0 Å². The Bertz CT molecular complexity index is 315. The monoisotopic (exact) mass is 163 g/mol. The molecular weight excluding hydrogens is 156 g/mol. The van der Waals surface area contributed by atoms with Crippen LogP contribution < -0.4 is 5.11 Å². The molecule has 12 heavy (non-hydrogen) atoms. The minimum atomic E-state index is -1.02. The van der Waals surface area contributed by atoms with Crippen LogP contribution in [0, 0.1) is 0 Å². The molecular formula is C9H7O3-. The first-order valence-electron chi connectivity index (χ1n) is 3.36. The molecule has 0 aromatic heterocycles. The second-order valence-corrected chi connectivity index (χ2v) is 2.24. The van der Waals surface area contributed by atoms with E-state index in [4.69, 9.17) is 5.11 Å². The van der Waals surface area contributed by atoms with Crippen molar-refractivity contribution in [1.29, 1.82) is 0 Å². The lowest BCUT2D eigenvalue weighted by Gasteiger charge is -2.03. The standard InChI is InChI=1S/C9H8O3/c10-8-3-1-2-7(6-8)4-5-9(11)12/h1-6,10H,(H,11,12)/p-1. The topological polar surface area (TPSA) is 60.4 Å². The Morgan fingerprint density at radius 1 is 1.50 bits per heavy atom. The van der Waals surface area contributed by atoms with E-state index in [0.29, 0.717) is 5.56 Å². The van der Waals surface area contributed by atoms with E-state index in [9.17, 15) is 9.90 Å². The number of rotatable bonds is 2. The highest BCUT2D eigenvalue weighted by Gasteiger charge is 1.87. The van der Waals surface area contributed by atoms with Crippen molar-refractivity contribution < 1.29 is 15.0 Å². The minimum Gasteiger partial charge on any atom is -0.872 e. The molecule has 0 aliphatic heterocycles. The van der Waals surface area contributed by atoms with Crippen molar-refractivity contribution in [1.82, 2.24) is 0 Å². The molecule has 0 atom stereocenters. The van der Waals surface area contributed by atoms with Crippen molar-refractivity contribution in [3.63, 3.8) is 0 Å². The first kappa shape index (κ1) is 8.33. The number of carbonyl (C=O) groups is 1. The third kappa shape index (κ3) is 2.46. The van der Waals surface area contributed by atoms with Gasteiger partial charge in [-0.05, 0) is 11.6 Å². The normalized spacial score (nSPS) is 10.3. The van der Waals surface area contributed by atoms with Gasteiger partial charge in [0.1, 0.15) is 0 Å². The average molecular weight is 163 g/mol. The van der Waals surface area contributed by atoms with Gasteiger partial charge in [0.15, 0.2) is 0 Å². The summed E-state index contributed by atoms with van der Waals surface area (Å²) in [7, 11) is 0. The number of carboxylic acid groups (broad SMARTS) is 1. The molecule has 0 spiro atoms. The Morgan fingerprint density at radius 3 is 2.83 bits per heavy atom. The second-order valence-electron chi connectivity index (χ2n) is 2.24. The smallest absolute Gasteiger partial charge is 0.328 e. The summed E-state index contributed by atoms with van der Waals surface area (Å²) in [5.74, 6) is -1.14. The fourth-order valence-electron chi connectivity index (χ4n) is 0.786. The molecule has 1 rings (SSSR count).